The Hall–Kier alpha value is -0.470. The molecule has 0 aromatic heterocycles. The van der Waals surface area contributed by atoms with Crippen molar-refractivity contribution in [3.8, 4) is 0 Å². The van der Waals surface area contributed by atoms with Gasteiger partial charge in [-0.05, 0) is 18.2 Å². The van der Waals surface area contributed by atoms with Crippen LogP contribution in [0.2, 0.25) is 10.0 Å². The fourth-order valence-electron chi connectivity index (χ4n) is 2.09. The summed E-state index contributed by atoms with van der Waals surface area (Å²) in [4.78, 5) is 10.9. The number of thioether (sulfide) groups is 1. The standard InChI is InChI=1S/C12H13Cl2NO4S2/c13-10-2-1-9(6-11(10)14)21(18,19)15-3-4-20-7-8(15)5-12(16)17/h1-2,6,8H,3-5,7H2,(H,16,17). The van der Waals surface area contributed by atoms with Gasteiger partial charge in [0.1, 0.15) is 0 Å². The molecule has 5 nitrogen and oxygen atoms in total. The minimum absolute atomic E-state index is 0.0270. The average molecular weight is 370 g/mol. The van der Waals surface area contributed by atoms with E-state index in [2.05, 4.69) is 0 Å². The van der Waals surface area contributed by atoms with E-state index in [1.54, 1.807) is 11.8 Å². The summed E-state index contributed by atoms with van der Waals surface area (Å²) in [6.45, 7) is 0.283. The summed E-state index contributed by atoms with van der Waals surface area (Å²) in [5, 5.41) is 9.35. The molecule has 0 spiro atoms. The zero-order valence-electron chi connectivity index (χ0n) is 10.8. The number of carbonyl (C=O) groups is 1. The van der Waals surface area contributed by atoms with Crippen LogP contribution in [0.3, 0.4) is 0 Å². The average Bonchev–Trinajstić information content (AvgIpc) is 2.41. The van der Waals surface area contributed by atoms with Crippen LogP contribution >= 0.6 is 35.0 Å². The van der Waals surface area contributed by atoms with Gasteiger partial charge in [0, 0.05) is 24.1 Å². The summed E-state index contributed by atoms with van der Waals surface area (Å²) in [6, 6.07) is 3.53. The highest BCUT2D eigenvalue weighted by Gasteiger charge is 2.35. The lowest BCUT2D eigenvalue weighted by Crippen LogP contribution is -2.46. The zero-order chi connectivity index (χ0) is 15.6. The highest BCUT2D eigenvalue weighted by Crippen LogP contribution is 2.30. The minimum Gasteiger partial charge on any atom is -0.481 e. The van der Waals surface area contributed by atoms with E-state index < -0.39 is 22.0 Å². The van der Waals surface area contributed by atoms with Gasteiger partial charge in [-0.2, -0.15) is 16.1 Å². The molecular formula is C12H13Cl2NO4S2. The number of nitrogens with zero attached hydrogens (tertiary/aromatic N) is 1. The molecule has 1 heterocycles. The molecular weight excluding hydrogens is 357 g/mol. The molecule has 116 valence electrons. The molecule has 21 heavy (non-hydrogen) atoms. The molecule has 9 heteroatoms. The Morgan fingerprint density at radius 2 is 2.10 bits per heavy atom. The van der Waals surface area contributed by atoms with Crippen LogP contribution in [0.1, 0.15) is 6.42 Å². The molecule has 1 aliphatic rings. The summed E-state index contributed by atoms with van der Waals surface area (Å²) in [5.74, 6) is 0.0839. The van der Waals surface area contributed by atoms with Gasteiger partial charge >= 0.3 is 5.97 Å². The number of carboxylic acid groups (broad SMARTS) is 1. The molecule has 2 rings (SSSR count). The van der Waals surface area contributed by atoms with Gasteiger partial charge in [-0.15, -0.1) is 0 Å². The molecule has 1 saturated heterocycles. The first-order valence-corrected chi connectivity index (χ1v) is 9.44. The first kappa shape index (κ1) is 16.9. The van der Waals surface area contributed by atoms with Crippen LogP contribution in [-0.2, 0) is 14.8 Å². The van der Waals surface area contributed by atoms with Gasteiger partial charge in [0.05, 0.1) is 21.4 Å². The third-order valence-corrected chi connectivity index (χ3v) is 6.86. The van der Waals surface area contributed by atoms with Crippen LogP contribution < -0.4 is 0 Å². The van der Waals surface area contributed by atoms with Gasteiger partial charge in [0.2, 0.25) is 10.0 Å². The molecule has 1 aromatic carbocycles. The molecule has 1 N–H and O–H groups in total. The summed E-state index contributed by atoms with van der Waals surface area (Å²) in [5.41, 5.74) is 0. The third-order valence-electron chi connectivity index (χ3n) is 3.08. The van der Waals surface area contributed by atoms with Gasteiger partial charge in [-0.3, -0.25) is 4.79 Å². The molecule has 1 aromatic rings. The Bertz CT molecular complexity index is 651. The second-order valence-electron chi connectivity index (χ2n) is 4.52. The fourth-order valence-corrected chi connectivity index (χ4v) is 5.38. The van der Waals surface area contributed by atoms with Crippen LogP contribution in [0.15, 0.2) is 23.1 Å². The first-order valence-electron chi connectivity index (χ1n) is 6.09. The van der Waals surface area contributed by atoms with E-state index in [-0.39, 0.29) is 27.9 Å². The van der Waals surface area contributed by atoms with Crippen molar-refractivity contribution < 1.29 is 18.3 Å². The number of rotatable bonds is 4. The van der Waals surface area contributed by atoms with Gasteiger partial charge in [-0.1, -0.05) is 23.2 Å². The van der Waals surface area contributed by atoms with E-state index in [9.17, 15) is 13.2 Å². The Kier molecular flexibility index (Phi) is 5.43. The molecule has 0 radical (unpaired) electrons. The van der Waals surface area contributed by atoms with Gasteiger partial charge in [-0.25, -0.2) is 8.42 Å². The van der Waals surface area contributed by atoms with Crippen LogP contribution in [0.4, 0.5) is 0 Å². The Labute approximate surface area is 137 Å². The molecule has 1 atom stereocenters. The van der Waals surface area contributed by atoms with Gasteiger partial charge < -0.3 is 5.11 Å². The van der Waals surface area contributed by atoms with E-state index in [0.29, 0.717) is 11.5 Å². The molecule has 0 amide bonds. The lowest BCUT2D eigenvalue weighted by Gasteiger charge is -2.33. The second-order valence-corrected chi connectivity index (χ2v) is 8.37. The van der Waals surface area contributed by atoms with Gasteiger partial charge in [0.25, 0.3) is 0 Å². The maximum Gasteiger partial charge on any atom is 0.305 e. The summed E-state index contributed by atoms with van der Waals surface area (Å²) in [6.07, 6.45) is -0.215. The van der Waals surface area contributed by atoms with Crippen molar-refractivity contribution in [1.82, 2.24) is 4.31 Å². The van der Waals surface area contributed by atoms with E-state index >= 15 is 0 Å². The maximum atomic E-state index is 12.7. The summed E-state index contributed by atoms with van der Waals surface area (Å²) in [7, 11) is -3.78. The lowest BCUT2D eigenvalue weighted by molar-refractivity contribution is -0.137. The summed E-state index contributed by atoms with van der Waals surface area (Å²) >= 11 is 13.2. The SMILES string of the molecule is O=C(O)CC1CSCCN1S(=O)(=O)c1ccc(Cl)c(Cl)c1. The Morgan fingerprint density at radius 3 is 2.71 bits per heavy atom. The van der Waals surface area contributed by atoms with Crippen LogP contribution in [0.25, 0.3) is 0 Å². The van der Waals surface area contributed by atoms with Crippen LogP contribution in [0, 0.1) is 0 Å². The topological polar surface area (TPSA) is 74.7 Å². The number of sulfonamides is 1. The number of hydrogen-bond donors (Lipinski definition) is 1. The third kappa shape index (κ3) is 3.84. The molecule has 1 fully saturated rings. The number of carboxylic acids is 1. The summed E-state index contributed by atoms with van der Waals surface area (Å²) < 4.78 is 26.6. The predicted octanol–water partition coefficient (Wildman–Crippen LogP) is 2.57. The predicted molar refractivity (Wildman–Crippen MR) is 83.7 cm³/mol. The monoisotopic (exact) mass is 369 g/mol. The minimum atomic E-state index is -3.78. The fraction of sp³-hybridized carbons (Fsp3) is 0.417. The van der Waals surface area contributed by atoms with Crippen molar-refractivity contribution in [2.75, 3.05) is 18.1 Å². The van der Waals surface area contributed by atoms with Crippen molar-refractivity contribution in [1.29, 1.82) is 0 Å². The van der Waals surface area contributed by atoms with Crippen LogP contribution in [0.5, 0.6) is 0 Å². The van der Waals surface area contributed by atoms with Crippen molar-refractivity contribution in [3.63, 3.8) is 0 Å². The van der Waals surface area contributed by atoms with Crippen molar-refractivity contribution in [2.45, 2.75) is 17.4 Å². The highest BCUT2D eigenvalue weighted by atomic mass is 35.5. The smallest absolute Gasteiger partial charge is 0.305 e. The van der Waals surface area contributed by atoms with E-state index in [0.717, 1.165) is 0 Å². The largest absolute Gasteiger partial charge is 0.481 e. The van der Waals surface area contributed by atoms with Crippen LogP contribution in [-0.4, -0.2) is 47.9 Å². The van der Waals surface area contributed by atoms with Crippen molar-refractivity contribution in [2.24, 2.45) is 0 Å². The van der Waals surface area contributed by atoms with E-state index in [1.165, 1.54) is 22.5 Å². The molecule has 0 aliphatic carbocycles. The number of benzene rings is 1. The zero-order valence-corrected chi connectivity index (χ0v) is 14.0. The number of halogens is 2. The lowest BCUT2D eigenvalue weighted by atomic mass is 10.2. The van der Waals surface area contributed by atoms with Crippen molar-refractivity contribution >= 4 is 51.0 Å². The molecule has 0 bridgehead atoms. The Balaban J connectivity index is 2.35. The van der Waals surface area contributed by atoms with E-state index in [1.807, 2.05) is 0 Å². The normalized spacial score (nSPS) is 20.4. The van der Waals surface area contributed by atoms with Gasteiger partial charge in [0.15, 0.2) is 0 Å². The number of hydrogen-bond acceptors (Lipinski definition) is 4. The number of aliphatic carboxylic acids is 1. The van der Waals surface area contributed by atoms with E-state index in [4.69, 9.17) is 28.3 Å². The molecule has 1 aliphatic heterocycles. The second kappa shape index (κ2) is 6.75. The molecule has 0 saturated carbocycles. The Morgan fingerprint density at radius 1 is 1.38 bits per heavy atom. The van der Waals surface area contributed by atoms with Crippen molar-refractivity contribution in [3.05, 3.63) is 28.2 Å². The quantitative estimate of drug-likeness (QED) is 0.882. The highest BCUT2D eigenvalue weighted by molar-refractivity contribution is 7.99. The first-order chi connectivity index (χ1) is 9.82. The maximum absolute atomic E-state index is 12.7. The molecule has 1 unspecified atom stereocenters.